The van der Waals surface area contributed by atoms with Crippen molar-refractivity contribution in [1.82, 2.24) is 14.5 Å². The van der Waals surface area contributed by atoms with Gasteiger partial charge in [-0.25, -0.2) is 13.3 Å². The van der Waals surface area contributed by atoms with Crippen LogP contribution in [0.25, 0.3) is 0 Å². The topological polar surface area (TPSA) is 102 Å². The summed E-state index contributed by atoms with van der Waals surface area (Å²) in [4.78, 5) is 14.6. The number of carbonyl (C=O) groups is 1. The summed E-state index contributed by atoms with van der Waals surface area (Å²) in [5.41, 5.74) is 0.119. The second-order valence-electron chi connectivity index (χ2n) is 6.54. The van der Waals surface area contributed by atoms with Crippen LogP contribution < -0.4 is 10.2 Å². The van der Waals surface area contributed by atoms with Crippen molar-refractivity contribution in [2.24, 2.45) is 5.92 Å². The van der Waals surface area contributed by atoms with Crippen molar-refractivity contribution in [3.05, 3.63) is 29.8 Å². The Kier molecular flexibility index (Phi) is 9.74. The highest BCUT2D eigenvalue weighted by molar-refractivity contribution is 7.89. The van der Waals surface area contributed by atoms with E-state index < -0.39 is 16.1 Å². The molecule has 2 N–H and O–H groups in total. The number of halogens is 1. The zero-order chi connectivity index (χ0) is 20.4. The Morgan fingerprint density at radius 2 is 2.00 bits per heavy atom. The number of benzene rings is 1. The molecule has 1 atom stereocenters. The zero-order valence-electron chi connectivity index (χ0n) is 15.9. The summed E-state index contributed by atoms with van der Waals surface area (Å²) >= 11 is 5.62. The lowest BCUT2D eigenvalue weighted by molar-refractivity contribution is -0.123. The first kappa shape index (κ1) is 23.4. The monoisotopic (exact) mass is 414 g/mol. The molecule has 7 nitrogen and oxygen atoms in total. The lowest BCUT2D eigenvalue weighted by Crippen LogP contribution is -2.42. The minimum Gasteiger partial charge on any atom is -0.355 e. The minimum atomic E-state index is -3.77. The van der Waals surface area contributed by atoms with Crippen molar-refractivity contribution in [2.75, 3.05) is 19.6 Å². The van der Waals surface area contributed by atoms with Crippen molar-refractivity contribution in [3.8, 4) is 6.07 Å². The number of rotatable bonds is 11. The van der Waals surface area contributed by atoms with E-state index in [4.69, 9.17) is 17.0 Å². The van der Waals surface area contributed by atoms with E-state index in [-0.39, 0.29) is 29.5 Å². The number of hydrogen-bond donors (Lipinski definition) is 2. The van der Waals surface area contributed by atoms with Crippen LogP contribution in [0.15, 0.2) is 29.2 Å². The molecular formula is C18H27ClN4O3S. The average Bonchev–Trinajstić information content (AvgIpc) is 2.65. The largest absolute Gasteiger partial charge is 0.355 e. The lowest BCUT2D eigenvalue weighted by atomic mass is 10.0. The molecule has 0 heterocycles. The Labute approximate surface area is 166 Å². The molecule has 0 fully saturated rings. The normalized spacial score (nSPS) is 12.8. The van der Waals surface area contributed by atoms with Crippen LogP contribution in [0, 0.1) is 17.2 Å². The first-order valence-corrected chi connectivity index (χ1v) is 10.7. The molecule has 0 aliphatic carbocycles. The molecular weight excluding hydrogens is 388 g/mol. The molecule has 9 heteroatoms. The smallest absolute Gasteiger partial charge is 0.244 e. The standard InChI is InChI=1S/C18H27ClN4O3S/c1-4-23(27(25,26)17-9-6-5-8-15(17)13-20)11-7-10-21-18(24)16(22-19)12-14(2)3/h5-6,8-9,14,16,22H,4,7,10-12H2,1-3H3,(H,21,24)/t16-/m0/s1. The molecule has 27 heavy (non-hydrogen) atoms. The molecule has 1 aromatic carbocycles. The third kappa shape index (κ3) is 6.78. The molecule has 0 aliphatic rings. The Morgan fingerprint density at radius 1 is 1.33 bits per heavy atom. The molecule has 0 saturated heterocycles. The summed E-state index contributed by atoms with van der Waals surface area (Å²) < 4.78 is 26.9. The van der Waals surface area contributed by atoms with Crippen LogP contribution in [0.2, 0.25) is 0 Å². The van der Waals surface area contributed by atoms with Gasteiger partial charge < -0.3 is 5.32 Å². The Bertz CT molecular complexity index is 762. The maximum absolute atomic E-state index is 12.8. The van der Waals surface area contributed by atoms with Crippen molar-refractivity contribution in [3.63, 3.8) is 0 Å². The van der Waals surface area contributed by atoms with Crippen LogP contribution in [-0.4, -0.2) is 44.3 Å². The van der Waals surface area contributed by atoms with E-state index in [0.29, 0.717) is 25.3 Å². The van der Waals surface area contributed by atoms with Crippen LogP contribution in [0.4, 0.5) is 0 Å². The summed E-state index contributed by atoms with van der Waals surface area (Å²) in [5, 5.41) is 11.9. The highest BCUT2D eigenvalue weighted by Crippen LogP contribution is 2.19. The van der Waals surface area contributed by atoms with Gasteiger partial charge in [0.15, 0.2) is 0 Å². The number of hydrogen-bond acceptors (Lipinski definition) is 5. The van der Waals surface area contributed by atoms with Crippen molar-refractivity contribution in [1.29, 1.82) is 5.26 Å². The van der Waals surface area contributed by atoms with Gasteiger partial charge in [0.2, 0.25) is 15.9 Å². The molecule has 0 unspecified atom stereocenters. The number of nitrogens with one attached hydrogen (secondary N) is 2. The third-order valence-electron chi connectivity index (χ3n) is 4.02. The van der Waals surface area contributed by atoms with E-state index in [1.54, 1.807) is 19.1 Å². The van der Waals surface area contributed by atoms with Gasteiger partial charge >= 0.3 is 0 Å². The van der Waals surface area contributed by atoms with E-state index in [1.165, 1.54) is 16.4 Å². The molecule has 0 aliphatic heterocycles. The van der Waals surface area contributed by atoms with E-state index >= 15 is 0 Å². The lowest BCUT2D eigenvalue weighted by Gasteiger charge is -2.21. The van der Waals surface area contributed by atoms with Gasteiger partial charge in [-0.05, 0) is 42.7 Å². The van der Waals surface area contributed by atoms with E-state index in [2.05, 4.69) is 10.2 Å². The fraction of sp³-hybridized carbons (Fsp3) is 0.556. The molecule has 0 saturated carbocycles. The fourth-order valence-corrected chi connectivity index (χ4v) is 4.45. The SMILES string of the molecule is CCN(CCCNC(=O)[C@H](CC(C)C)NCl)S(=O)(=O)c1ccccc1C#N. The predicted octanol–water partition coefficient (Wildman–Crippen LogP) is 2.23. The van der Waals surface area contributed by atoms with Crippen LogP contribution in [0.5, 0.6) is 0 Å². The zero-order valence-corrected chi connectivity index (χ0v) is 17.5. The summed E-state index contributed by atoms with van der Waals surface area (Å²) in [5.74, 6) is 0.104. The molecule has 0 bridgehead atoms. The van der Waals surface area contributed by atoms with Gasteiger partial charge in [-0.2, -0.15) is 9.57 Å². The van der Waals surface area contributed by atoms with Crippen LogP contribution in [0.3, 0.4) is 0 Å². The van der Waals surface area contributed by atoms with Gasteiger partial charge in [-0.1, -0.05) is 32.9 Å². The summed E-state index contributed by atoms with van der Waals surface area (Å²) in [6, 6.07) is 7.56. The molecule has 1 rings (SSSR count). The maximum atomic E-state index is 12.8. The molecule has 1 aromatic rings. The summed E-state index contributed by atoms with van der Waals surface area (Å²) in [6.45, 7) is 6.57. The Balaban J connectivity index is 2.67. The summed E-state index contributed by atoms with van der Waals surface area (Å²) in [7, 11) is -3.77. The van der Waals surface area contributed by atoms with Crippen molar-refractivity contribution in [2.45, 2.75) is 44.6 Å². The number of nitriles is 1. The first-order valence-electron chi connectivity index (χ1n) is 8.91. The quantitative estimate of drug-likeness (QED) is 0.427. The van der Waals surface area contributed by atoms with E-state index in [1.807, 2.05) is 19.9 Å². The third-order valence-corrected chi connectivity index (χ3v) is 6.31. The number of nitrogens with zero attached hydrogens (tertiary/aromatic N) is 2. The molecule has 1 amide bonds. The van der Waals surface area contributed by atoms with Gasteiger partial charge in [0.1, 0.15) is 12.1 Å². The first-order chi connectivity index (χ1) is 12.8. The van der Waals surface area contributed by atoms with Gasteiger partial charge in [0, 0.05) is 19.6 Å². The Morgan fingerprint density at radius 3 is 2.56 bits per heavy atom. The van der Waals surface area contributed by atoms with E-state index in [9.17, 15) is 13.2 Å². The summed E-state index contributed by atoms with van der Waals surface area (Å²) in [6.07, 6.45) is 1.06. The molecule has 0 radical (unpaired) electrons. The van der Waals surface area contributed by atoms with Crippen LogP contribution in [-0.2, 0) is 14.8 Å². The van der Waals surface area contributed by atoms with Crippen LogP contribution in [0.1, 0.15) is 39.2 Å². The molecule has 0 aromatic heterocycles. The average molecular weight is 415 g/mol. The number of amides is 1. The number of carbonyl (C=O) groups excluding carboxylic acids is 1. The molecule has 0 spiro atoms. The van der Waals surface area contributed by atoms with Crippen molar-refractivity contribution >= 4 is 27.7 Å². The highest BCUT2D eigenvalue weighted by atomic mass is 35.5. The Hall–Kier alpha value is -1.66. The highest BCUT2D eigenvalue weighted by Gasteiger charge is 2.25. The second-order valence-corrected chi connectivity index (χ2v) is 8.67. The molecule has 150 valence electrons. The number of sulfonamides is 1. The second kappa shape index (κ2) is 11.2. The van der Waals surface area contributed by atoms with Gasteiger partial charge in [-0.15, -0.1) is 0 Å². The fourth-order valence-electron chi connectivity index (χ4n) is 2.63. The van der Waals surface area contributed by atoms with Gasteiger partial charge in [0.25, 0.3) is 0 Å². The van der Waals surface area contributed by atoms with Gasteiger partial charge in [-0.3, -0.25) is 4.79 Å². The van der Waals surface area contributed by atoms with Gasteiger partial charge in [0.05, 0.1) is 10.5 Å². The van der Waals surface area contributed by atoms with Crippen molar-refractivity contribution < 1.29 is 13.2 Å². The van der Waals surface area contributed by atoms with Crippen LogP contribution >= 0.6 is 11.8 Å². The maximum Gasteiger partial charge on any atom is 0.244 e. The van der Waals surface area contributed by atoms with E-state index in [0.717, 1.165) is 0 Å². The predicted molar refractivity (Wildman–Crippen MR) is 105 cm³/mol. The minimum absolute atomic E-state index is 0.00160.